The molecule has 1 unspecified atom stereocenters. The lowest BCUT2D eigenvalue weighted by atomic mass is 10.1. The third kappa shape index (κ3) is 3.94. The maximum absolute atomic E-state index is 11.7. The van der Waals surface area contributed by atoms with Crippen molar-refractivity contribution in [3.63, 3.8) is 0 Å². The molecule has 2 aromatic rings. The Bertz CT molecular complexity index is 615. The minimum Gasteiger partial charge on any atom is -0.378 e. The van der Waals surface area contributed by atoms with Gasteiger partial charge in [-0.15, -0.1) is 0 Å². The predicted octanol–water partition coefficient (Wildman–Crippen LogP) is 1.28. The molecule has 1 amide bonds. The van der Waals surface area contributed by atoms with Gasteiger partial charge in [-0.05, 0) is 23.6 Å². The molecule has 4 nitrogen and oxygen atoms in total. The number of carbonyl (C=O) groups is 1. The lowest BCUT2D eigenvalue weighted by molar-refractivity contribution is -0.129. The van der Waals surface area contributed by atoms with Gasteiger partial charge in [-0.25, -0.2) is 4.98 Å². The molecule has 1 atom stereocenters. The van der Waals surface area contributed by atoms with E-state index in [1.54, 1.807) is 36.5 Å². The third-order valence-corrected chi connectivity index (χ3v) is 2.60. The summed E-state index contributed by atoms with van der Waals surface area (Å²) in [6, 6.07) is 14.2. The number of aromatic nitrogens is 1. The van der Waals surface area contributed by atoms with Gasteiger partial charge in [0.05, 0.1) is 6.54 Å². The number of amides is 1. The quantitative estimate of drug-likeness (QED) is 0.823. The fraction of sp³-hybridized carbons (Fsp3) is 0.125. The molecule has 1 heterocycles. The minimum atomic E-state index is -1.17. The average molecular weight is 266 g/mol. The van der Waals surface area contributed by atoms with Gasteiger partial charge in [0, 0.05) is 6.20 Å². The first kappa shape index (κ1) is 13.8. The highest BCUT2D eigenvalue weighted by molar-refractivity contribution is 5.82. The lowest BCUT2D eigenvalue weighted by Crippen LogP contribution is -2.29. The van der Waals surface area contributed by atoms with Gasteiger partial charge in [0.1, 0.15) is 5.69 Å². The molecule has 0 saturated carbocycles. The number of pyridine rings is 1. The standard InChI is InChI=1S/C16H14N2O2/c19-15(13-7-2-1-3-8-13)16(20)18-12-6-10-14-9-4-5-11-17-14/h1-5,7-9,11,15,19H,12H2,(H,18,20). The Morgan fingerprint density at radius 3 is 2.65 bits per heavy atom. The van der Waals surface area contributed by atoms with E-state index in [0.29, 0.717) is 11.3 Å². The van der Waals surface area contributed by atoms with Gasteiger partial charge >= 0.3 is 0 Å². The van der Waals surface area contributed by atoms with Crippen molar-refractivity contribution < 1.29 is 9.90 Å². The minimum absolute atomic E-state index is 0.166. The molecule has 0 fully saturated rings. The van der Waals surface area contributed by atoms with Gasteiger partial charge in [-0.1, -0.05) is 42.3 Å². The number of aliphatic hydroxyl groups excluding tert-OH is 1. The Morgan fingerprint density at radius 2 is 1.95 bits per heavy atom. The summed E-state index contributed by atoms with van der Waals surface area (Å²) in [6.45, 7) is 0.166. The summed E-state index contributed by atoms with van der Waals surface area (Å²) < 4.78 is 0. The fourth-order valence-electron chi connectivity index (χ4n) is 1.59. The largest absolute Gasteiger partial charge is 0.378 e. The summed E-state index contributed by atoms with van der Waals surface area (Å²) in [5, 5.41) is 12.4. The molecule has 0 aliphatic rings. The number of rotatable bonds is 3. The number of hydrogen-bond acceptors (Lipinski definition) is 3. The highest BCUT2D eigenvalue weighted by Gasteiger charge is 2.15. The highest BCUT2D eigenvalue weighted by atomic mass is 16.3. The van der Waals surface area contributed by atoms with Crippen molar-refractivity contribution in [2.24, 2.45) is 0 Å². The van der Waals surface area contributed by atoms with Crippen LogP contribution in [0.2, 0.25) is 0 Å². The summed E-state index contributed by atoms with van der Waals surface area (Å²) in [5.74, 6) is 5.14. The molecule has 1 aromatic heterocycles. The monoisotopic (exact) mass is 266 g/mol. The summed E-state index contributed by atoms with van der Waals surface area (Å²) in [7, 11) is 0. The van der Waals surface area contributed by atoms with Gasteiger partial charge in [0.15, 0.2) is 6.10 Å². The summed E-state index contributed by atoms with van der Waals surface area (Å²) in [6.07, 6.45) is 0.481. The molecule has 0 aliphatic heterocycles. The smallest absolute Gasteiger partial charge is 0.254 e. The van der Waals surface area contributed by atoms with E-state index in [0.717, 1.165) is 0 Å². The predicted molar refractivity (Wildman–Crippen MR) is 75.5 cm³/mol. The van der Waals surface area contributed by atoms with Crippen LogP contribution in [0.4, 0.5) is 0 Å². The van der Waals surface area contributed by atoms with Crippen molar-refractivity contribution in [2.75, 3.05) is 6.54 Å². The number of nitrogens with zero attached hydrogens (tertiary/aromatic N) is 1. The van der Waals surface area contributed by atoms with Gasteiger partial charge in [-0.3, -0.25) is 4.79 Å². The number of hydrogen-bond donors (Lipinski definition) is 2. The Labute approximate surface area is 117 Å². The molecule has 0 aliphatic carbocycles. The van der Waals surface area contributed by atoms with Crippen LogP contribution >= 0.6 is 0 Å². The van der Waals surface area contributed by atoms with E-state index >= 15 is 0 Å². The summed E-state index contributed by atoms with van der Waals surface area (Å²) >= 11 is 0. The second-order valence-electron chi connectivity index (χ2n) is 4.05. The molecule has 0 bridgehead atoms. The van der Waals surface area contributed by atoms with Gasteiger partial charge in [0.2, 0.25) is 0 Å². The molecule has 0 spiro atoms. The van der Waals surface area contributed by atoms with Crippen molar-refractivity contribution in [1.82, 2.24) is 10.3 Å². The van der Waals surface area contributed by atoms with Crippen molar-refractivity contribution in [1.29, 1.82) is 0 Å². The zero-order valence-corrected chi connectivity index (χ0v) is 10.8. The van der Waals surface area contributed by atoms with E-state index in [1.807, 2.05) is 18.2 Å². The first-order valence-electron chi connectivity index (χ1n) is 6.18. The van der Waals surface area contributed by atoms with Crippen LogP contribution in [0, 0.1) is 11.8 Å². The zero-order chi connectivity index (χ0) is 14.2. The lowest BCUT2D eigenvalue weighted by Gasteiger charge is -2.09. The molecular weight excluding hydrogens is 252 g/mol. The maximum Gasteiger partial charge on any atom is 0.254 e. The first-order valence-corrected chi connectivity index (χ1v) is 6.18. The number of nitrogens with one attached hydrogen (secondary N) is 1. The molecule has 100 valence electrons. The normalized spacial score (nSPS) is 11.1. The topological polar surface area (TPSA) is 62.2 Å². The molecule has 1 aromatic carbocycles. The third-order valence-electron chi connectivity index (χ3n) is 2.60. The van der Waals surface area contributed by atoms with Crippen LogP contribution in [0.1, 0.15) is 17.4 Å². The molecule has 0 saturated heterocycles. The van der Waals surface area contributed by atoms with Crippen molar-refractivity contribution in [3.05, 3.63) is 66.0 Å². The molecule has 2 N–H and O–H groups in total. The summed E-state index contributed by atoms with van der Waals surface area (Å²) in [5.41, 5.74) is 1.20. The summed E-state index contributed by atoms with van der Waals surface area (Å²) in [4.78, 5) is 15.8. The molecule has 20 heavy (non-hydrogen) atoms. The van der Waals surface area contributed by atoms with Gasteiger partial charge in [-0.2, -0.15) is 0 Å². The van der Waals surface area contributed by atoms with Crippen LogP contribution < -0.4 is 5.32 Å². The van der Waals surface area contributed by atoms with Gasteiger partial charge < -0.3 is 10.4 Å². The van der Waals surface area contributed by atoms with E-state index < -0.39 is 12.0 Å². The van der Waals surface area contributed by atoms with Crippen molar-refractivity contribution in [2.45, 2.75) is 6.10 Å². The average Bonchev–Trinajstić information content (AvgIpc) is 2.52. The van der Waals surface area contributed by atoms with Crippen LogP contribution in [0.15, 0.2) is 54.7 Å². The van der Waals surface area contributed by atoms with Crippen LogP contribution in [0.25, 0.3) is 0 Å². The highest BCUT2D eigenvalue weighted by Crippen LogP contribution is 2.11. The number of benzene rings is 1. The van der Waals surface area contributed by atoms with Gasteiger partial charge in [0.25, 0.3) is 5.91 Å². The Kier molecular flexibility index (Phi) is 4.87. The Hall–Kier alpha value is -2.64. The zero-order valence-electron chi connectivity index (χ0n) is 10.8. The van der Waals surface area contributed by atoms with Crippen LogP contribution in [-0.2, 0) is 4.79 Å². The first-order chi connectivity index (χ1) is 9.77. The second-order valence-corrected chi connectivity index (χ2v) is 4.05. The SMILES string of the molecule is O=C(NCC#Cc1ccccn1)C(O)c1ccccc1. The molecule has 4 heteroatoms. The molecule has 2 rings (SSSR count). The number of carbonyl (C=O) groups excluding carboxylic acids is 1. The maximum atomic E-state index is 11.7. The Balaban J connectivity index is 1.86. The second kappa shape index (κ2) is 7.07. The van der Waals surface area contributed by atoms with Crippen molar-refractivity contribution in [3.8, 4) is 11.8 Å². The van der Waals surface area contributed by atoms with E-state index in [9.17, 15) is 9.90 Å². The van der Waals surface area contributed by atoms with E-state index in [2.05, 4.69) is 22.1 Å². The molecule has 0 radical (unpaired) electrons. The van der Waals surface area contributed by atoms with Crippen LogP contribution in [-0.4, -0.2) is 22.5 Å². The fourth-order valence-corrected chi connectivity index (χ4v) is 1.59. The van der Waals surface area contributed by atoms with E-state index in [1.165, 1.54) is 0 Å². The van der Waals surface area contributed by atoms with E-state index in [-0.39, 0.29) is 6.54 Å². The van der Waals surface area contributed by atoms with E-state index in [4.69, 9.17) is 0 Å². The van der Waals surface area contributed by atoms with Crippen molar-refractivity contribution >= 4 is 5.91 Å². The van der Waals surface area contributed by atoms with Crippen LogP contribution in [0.5, 0.6) is 0 Å². The van der Waals surface area contributed by atoms with Crippen LogP contribution in [0.3, 0.4) is 0 Å². The molecular formula is C16H14N2O2. The Morgan fingerprint density at radius 1 is 1.20 bits per heavy atom. The number of aliphatic hydroxyl groups is 1.